The smallest absolute Gasteiger partial charge is 0.759 e. The van der Waals surface area contributed by atoms with Crippen molar-refractivity contribution < 1.29 is 39.8 Å². The zero-order valence-electron chi connectivity index (χ0n) is 10.9. The first-order chi connectivity index (χ1) is 9.70. The molecule has 1 saturated carbocycles. The second-order valence-corrected chi connectivity index (χ2v) is 9.51. The molecular weight excluding hydrogens is 539 g/mol. The predicted octanol–water partition coefficient (Wildman–Crippen LogP) is 3.08. The third kappa shape index (κ3) is 3.36. The van der Waals surface area contributed by atoms with Crippen molar-refractivity contribution in [2.24, 2.45) is 11.8 Å². The fraction of sp³-hybridized carbons (Fsp3) is 0.600. The first-order valence-electron chi connectivity index (χ1n) is 5.51. The van der Waals surface area contributed by atoms with Crippen LogP contribution in [0.25, 0.3) is 0 Å². The number of hydrogen-bond donors (Lipinski definition) is 0. The van der Waals surface area contributed by atoms with Gasteiger partial charge in [0.25, 0.3) is 0 Å². The van der Waals surface area contributed by atoms with E-state index in [-0.39, 0.29) is 49.5 Å². The van der Waals surface area contributed by atoms with E-state index in [0.717, 1.165) is 0 Å². The van der Waals surface area contributed by atoms with Crippen molar-refractivity contribution >= 4 is 91.6 Å². The minimum atomic E-state index is -5.17. The van der Waals surface area contributed by atoms with Crippen LogP contribution in [0.1, 0.15) is 0 Å². The zero-order chi connectivity index (χ0) is 17.3. The molecular formula is C10H7Cl7CoO5S. The van der Waals surface area contributed by atoms with Gasteiger partial charge in [-0.2, -0.15) is 0 Å². The molecule has 0 aromatic rings. The van der Waals surface area contributed by atoms with Crippen molar-refractivity contribution in [2.45, 2.75) is 19.5 Å². The van der Waals surface area contributed by atoms with Crippen molar-refractivity contribution in [2.75, 3.05) is 0 Å². The third-order valence-corrected chi connectivity index (χ3v) is 8.61. The number of hydrogen-bond acceptors (Lipinski definition) is 4. The average Bonchev–Trinajstić information content (AvgIpc) is 2.82. The molecule has 0 amide bonds. The normalized spacial score (nSPS) is 41.1. The van der Waals surface area contributed by atoms with Gasteiger partial charge >= 0.3 is 16.8 Å². The van der Waals surface area contributed by atoms with Crippen molar-refractivity contribution in [1.82, 2.24) is 0 Å². The molecule has 2 N–H and O–H groups in total. The van der Waals surface area contributed by atoms with Gasteiger partial charge in [0.15, 0.2) is 4.33 Å². The Morgan fingerprint density at radius 2 is 1.33 bits per heavy atom. The number of allylic oxidation sites excluding steroid dienone is 4. The summed E-state index contributed by atoms with van der Waals surface area (Å²) < 4.78 is 32.6. The summed E-state index contributed by atoms with van der Waals surface area (Å²) in [5.41, 5.74) is 0. The van der Waals surface area contributed by atoms with E-state index in [1.807, 2.05) is 12.2 Å². The fourth-order valence-electron chi connectivity index (χ4n) is 3.08. The third-order valence-electron chi connectivity index (χ3n) is 3.90. The van der Waals surface area contributed by atoms with Crippen LogP contribution in [0.3, 0.4) is 0 Å². The molecule has 0 saturated heterocycles. The first kappa shape index (κ1) is 25.8. The Kier molecular flexibility index (Phi) is 8.29. The van der Waals surface area contributed by atoms with E-state index in [1.165, 1.54) is 0 Å². The van der Waals surface area contributed by atoms with E-state index in [2.05, 4.69) is 0 Å². The predicted molar refractivity (Wildman–Crippen MR) is 90.2 cm³/mol. The van der Waals surface area contributed by atoms with E-state index < -0.39 is 24.5 Å². The molecule has 0 aliphatic heterocycles. The van der Waals surface area contributed by atoms with Gasteiger partial charge in [0.05, 0.1) is 15.4 Å². The maximum absolute atomic E-state index is 8.52. The van der Waals surface area contributed by atoms with Crippen LogP contribution in [-0.4, -0.2) is 42.5 Å². The van der Waals surface area contributed by atoms with E-state index in [9.17, 15) is 0 Å². The molecule has 3 aliphatic rings. The van der Waals surface area contributed by atoms with Gasteiger partial charge in [0.2, 0.25) is 0 Å². The van der Waals surface area contributed by atoms with Crippen LogP contribution < -0.4 is 0 Å². The summed E-state index contributed by atoms with van der Waals surface area (Å²) in [6.07, 6.45) is 3.69. The van der Waals surface area contributed by atoms with Gasteiger partial charge in [0, 0.05) is 22.2 Å². The molecule has 0 aromatic carbocycles. The molecule has 1 radical (unpaired) electrons. The maximum Gasteiger partial charge on any atom is 2.00 e. The number of halogens is 7. The molecule has 3 aliphatic carbocycles. The Hall–Kier alpha value is 1.85. The van der Waals surface area contributed by atoms with Crippen molar-refractivity contribution in [3.05, 3.63) is 22.2 Å². The summed E-state index contributed by atoms with van der Waals surface area (Å²) in [5.74, 6) is -0.470. The number of alkyl halides is 5. The van der Waals surface area contributed by atoms with Crippen molar-refractivity contribution in [3.8, 4) is 0 Å². The van der Waals surface area contributed by atoms with Gasteiger partial charge in [-0.1, -0.05) is 58.6 Å². The van der Waals surface area contributed by atoms with Crippen molar-refractivity contribution in [1.29, 1.82) is 0 Å². The molecule has 141 valence electrons. The Labute approximate surface area is 183 Å². The molecule has 5 nitrogen and oxygen atoms in total. The molecule has 14 heteroatoms. The molecule has 24 heavy (non-hydrogen) atoms. The summed E-state index contributed by atoms with van der Waals surface area (Å²) >= 11 is 44.5. The molecule has 5 unspecified atom stereocenters. The van der Waals surface area contributed by atoms with Crippen LogP contribution in [0.5, 0.6) is 0 Å². The monoisotopic (exact) mass is 543 g/mol. The maximum atomic E-state index is 8.52. The molecule has 1 fully saturated rings. The first-order valence-corrected chi connectivity index (χ1v) is 9.55. The van der Waals surface area contributed by atoms with Crippen LogP contribution in [0.4, 0.5) is 0 Å². The van der Waals surface area contributed by atoms with Gasteiger partial charge in [-0.25, -0.2) is 0 Å². The summed E-state index contributed by atoms with van der Waals surface area (Å²) in [6.45, 7) is 0. The van der Waals surface area contributed by atoms with E-state index in [0.29, 0.717) is 0 Å². The van der Waals surface area contributed by atoms with Crippen LogP contribution >= 0.6 is 81.2 Å². The Balaban J connectivity index is 0.000000673. The summed E-state index contributed by atoms with van der Waals surface area (Å²) in [4.78, 5) is -2.45. The number of fused-ring (bicyclic) bond motifs is 5. The van der Waals surface area contributed by atoms with Crippen LogP contribution in [0.15, 0.2) is 22.2 Å². The van der Waals surface area contributed by atoms with Crippen LogP contribution in [-0.2, 0) is 27.2 Å². The topological polar surface area (TPSA) is 112 Å². The van der Waals surface area contributed by atoms with E-state index in [1.54, 1.807) is 0 Å². The summed E-state index contributed by atoms with van der Waals surface area (Å²) in [6, 6.07) is 0. The van der Waals surface area contributed by atoms with E-state index >= 15 is 0 Å². The Morgan fingerprint density at radius 3 is 1.75 bits per heavy atom. The van der Waals surface area contributed by atoms with Gasteiger partial charge in [-0.15, -0.1) is 34.8 Å². The quantitative estimate of drug-likeness (QED) is 0.201. The largest absolute Gasteiger partial charge is 2.00 e. The second-order valence-electron chi connectivity index (χ2n) is 4.92. The molecule has 0 aromatic heterocycles. The van der Waals surface area contributed by atoms with Gasteiger partial charge in [-0.05, 0) is 0 Å². The molecule has 0 spiro atoms. The molecule has 3 rings (SSSR count). The average molecular weight is 546 g/mol. The summed E-state index contributed by atoms with van der Waals surface area (Å²) in [5, 5.41) is 0.113. The molecule has 0 heterocycles. The van der Waals surface area contributed by atoms with Crippen LogP contribution in [0, 0.1) is 11.8 Å². The van der Waals surface area contributed by atoms with Gasteiger partial charge in [0.1, 0.15) is 9.75 Å². The zero-order valence-corrected chi connectivity index (χ0v) is 18.1. The Bertz CT molecular complexity index is 675. The Morgan fingerprint density at radius 1 is 0.958 bits per heavy atom. The van der Waals surface area contributed by atoms with Gasteiger partial charge in [-0.3, -0.25) is 8.42 Å². The van der Waals surface area contributed by atoms with E-state index in [4.69, 9.17) is 98.7 Å². The fourth-order valence-corrected chi connectivity index (χ4v) is 6.60. The van der Waals surface area contributed by atoms with Crippen molar-refractivity contribution in [3.63, 3.8) is 0 Å². The van der Waals surface area contributed by atoms with Crippen LogP contribution in [0.2, 0.25) is 0 Å². The molecule has 5 atom stereocenters. The minimum Gasteiger partial charge on any atom is -0.759 e. The SMILES string of the molecule is ClC1=C(Cl)C2(Cl)C3C(Cl)C=CC3C1(Cl)C2(Cl)Cl.O.O=S(=O)([O-])[O-].[Co+2]. The standard InChI is InChI=1S/C10H5Cl7.Co.H2O4S.H2O/c11-4-2-1-3-5(4)9(15)7(13)6(12)8(3,14)10(9,16)17;;1-5(2,3)4;/h1-5H;;(H2,1,2,3,4);1H2/q;+2;;/p-2. The summed E-state index contributed by atoms with van der Waals surface area (Å²) in [7, 11) is -5.17. The van der Waals surface area contributed by atoms with Gasteiger partial charge < -0.3 is 14.6 Å². The number of rotatable bonds is 0. The molecule has 2 bridgehead atoms. The second kappa shape index (κ2) is 7.70. The minimum absolute atomic E-state index is 0.